The first-order valence-corrected chi connectivity index (χ1v) is 13.2. The molecule has 206 valence electrons. The van der Waals surface area contributed by atoms with E-state index in [4.69, 9.17) is 19.2 Å². The van der Waals surface area contributed by atoms with Crippen molar-refractivity contribution in [3.05, 3.63) is 53.6 Å². The molecule has 8 nitrogen and oxygen atoms in total. The van der Waals surface area contributed by atoms with Crippen LogP contribution in [-0.4, -0.2) is 44.1 Å². The van der Waals surface area contributed by atoms with Crippen molar-refractivity contribution in [1.82, 2.24) is 19.7 Å². The van der Waals surface area contributed by atoms with E-state index >= 15 is 0 Å². The lowest BCUT2D eigenvalue weighted by Gasteiger charge is -2.34. The van der Waals surface area contributed by atoms with Gasteiger partial charge in [-0.05, 0) is 57.7 Å². The van der Waals surface area contributed by atoms with Gasteiger partial charge in [0.2, 0.25) is 5.92 Å². The summed E-state index contributed by atoms with van der Waals surface area (Å²) in [6.07, 6.45) is 2.01. The lowest BCUT2D eigenvalue weighted by atomic mass is 9.91. The number of benzene rings is 1. The summed E-state index contributed by atoms with van der Waals surface area (Å²) in [6, 6.07) is 5.83. The highest BCUT2D eigenvalue weighted by Crippen LogP contribution is 2.45. The molecule has 4 heterocycles. The lowest BCUT2D eigenvalue weighted by Crippen LogP contribution is -2.34. The molecular formula is C28H30F3N5O3. The number of aliphatic hydroxyl groups is 1. The zero-order valence-corrected chi connectivity index (χ0v) is 22.0. The summed E-state index contributed by atoms with van der Waals surface area (Å²) < 4.78 is 55.3. The number of ether oxygens (including phenoxy) is 1. The summed E-state index contributed by atoms with van der Waals surface area (Å²) >= 11 is 0. The van der Waals surface area contributed by atoms with Crippen molar-refractivity contribution in [1.29, 1.82) is 0 Å². The molecule has 2 aliphatic rings. The first-order chi connectivity index (χ1) is 18.7. The van der Waals surface area contributed by atoms with Gasteiger partial charge in [-0.15, -0.1) is 0 Å². The molecule has 2 atom stereocenters. The maximum atomic E-state index is 14.7. The molecule has 3 aromatic heterocycles. The molecule has 0 spiro atoms. The number of nitrogens with zero attached hydrogens (tertiary/aromatic N) is 5. The van der Waals surface area contributed by atoms with Gasteiger partial charge in [-0.3, -0.25) is 0 Å². The Morgan fingerprint density at radius 2 is 1.87 bits per heavy atom. The normalized spacial score (nSPS) is 21.7. The summed E-state index contributed by atoms with van der Waals surface area (Å²) in [5.74, 6) is -1.84. The minimum absolute atomic E-state index is 0.107. The van der Waals surface area contributed by atoms with Gasteiger partial charge in [-0.25, -0.2) is 23.1 Å². The van der Waals surface area contributed by atoms with E-state index in [1.165, 1.54) is 19.2 Å². The number of aryl methyl sites for hydroxylation is 2. The summed E-state index contributed by atoms with van der Waals surface area (Å²) in [6.45, 7) is 3.69. The van der Waals surface area contributed by atoms with Crippen molar-refractivity contribution >= 4 is 16.9 Å². The highest BCUT2D eigenvalue weighted by Gasteiger charge is 2.41. The Morgan fingerprint density at radius 3 is 2.54 bits per heavy atom. The average molecular weight is 542 g/mol. The number of anilines is 1. The number of aromatic nitrogens is 4. The van der Waals surface area contributed by atoms with E-state index in [0.717, 1.165) is 16.8 Å². The number of rotatable bonds is 5. The third-order valence-electron chi connectivity index (χ3n) is 8.02. The topological polar surface area (TPSA) is 89.4 Å². The Kier molecular flexibility index (Phi) is 6.28. The second-order valence-corrected chi connectivity index (χ2v) is 10.5. The molecule has 1 N–H and O–H groups in total. The molecule has 6 rings (SSSR count). The lowest BCUT2D eigenvalue weighted by molar-refractivity contribution is -0.0439. The number of fused-ring (bicyclic) bond motifs is 1. The van der Waals surface area contributed by atoms with Crippen LogP contribution in [0.4, 0.5) is 18.9 Å². The summed E-state index contributed by atoms with van der Waals surface area (Å²) in [5, 5.41) is 15.0. The number of pyridine rings is 1. The van der Waals surface area contributed by atoms with Crippen molar-refractivity contribution in [2.45, 2.75) is 76.6 Å². The monoisotopic (exact) mass is 541 g/mol. The molecule has 39 heavy (non-hydrogen) atoms. The van der Waals surface area contributed by atoms with Gasteiger partial charge in [-0.1, -0.05) is 5.16 Å². The molecule has 1 saturated carbocycles. The van der Waals surface area contributed by atoms with Gasteiger partial charge in [0.1, 0.15) is 23.3 Å². The zero-order valence-electron chi connectivity index (χ0n) is 22.0. The van der Waals surface area contributed by atoms with Crippen molar-refractivity contribution in [2.75, 3.05) is 12.0 Å². The average Bonchev–Trinajstić information content (AvgIpc) is 3.57. The smallest absolute Gasteiger partial charge is 0.248 e. The van der Waals surface area contributed by atoms with Crippen LogP contribution in [0.2, 0.25) is 0 Å². The second-order valence-electron chi connectivity index (χ2n) is 10.5. The van der Waals surface area contributed by atoms with E-state index in [1.54, 1.807) is 17.2 Å². The number of alkyl halides is 2. The highest BCUT2D eigenvalue weighted by molar-refractivity contribution is 5.80. The number of aliphatic hydroxyl groups excluding tert-OH is 1. The van der Waals surface area contributed by atoms with E-state index in [0.29, 0.717) is 41.3 Å². The third kappa shape index (κ3) is 4.42. The van der Waals surface area contributed by atoms with Crippen LogP contribution in [0.15, 0.2) is 35.0 Å². The predicted octanol–water partition coefficient (Wildman–Crippen LogP) is 6.26. The fraction of sp³-hybridized carbons (Fsp3) is 0.464. The van der Waals surface area contributed by atoms with Crippen LogP contribution >= 0.6 is 0 Å². The number of hydrogen-bond acceptors (Lipinski definition) is 7. The summed E-state index contributed by atoms with van der Waals surface area (Å²) in [7, 11) is 1.39. The molecule has 11 heteroatoms. The molecule has 1 aromatic carbocycles. The van der Waals surface area contributed by atoms with E-state index < -0.39 is 24.0 Å². The Hall–Kier alpha value is -3.60. The maximum absolute atomic E-state index is 14.7. The van der Waals surface area contributed by atoms with Gasteiger partial charge in [0.25, 0.3) is 0 Å². The van der Waals surface area contributed by atoms with Gasteiger partial charge >= 0.3 is 0 Å². The van der Waals surface area contributed by atoms with E-state index in [2.05, 4.69) is 5.16 Å². The van der Waals surface area contributed by atoms with Crippen LogP contribution in [0.5, 0.6) is 5.75 Å². The Labute approximate surface area is 223 Å². The first-order valence-electron chi connectivity index (χ1n) is 13.2. The quantitative estimate of drug-likeness (QED) is 0.319. The highest BCUT2D eigenvalue weighted by atomic mass is 19.3. The number of halogens is 3. The maximum Gasteiger partial charge on any atom is 0.248 e. The molecule has 0 bridgehead atoms. The standard InChI is InChI=1S/C28H30F3N5O3/c1-15-25(16(2)39-34-15)17-12-21-26(32-14-17)36(18-8-10-28(30,31)11-9-18)27(33-21)22-5-7-24(37)35(22)19-4-6-23(38-3)20(29)13-19/h4,6,12-14,18,22,24,37H,5,7-11H2,1-3H3/t22-,24?/m0/s1. The molecule has 0 amide bonds. The van der Waals surface area contributed by atoms with Crippen molar-refractivity contribution in [3.63, 3.8) is 0 Å². The zero-order chi connectivity index (χ0) is 27.5. The van der Waals surface area contributed by atoms with E-state index in [9.17, 15) is 18.3 Å². The van der Waals surface area contributed by atoms with Gasteiger partial charge in [-0.2, -0.15) is 0 Å². The fourth-order valence-electron chi connectivity index (χ4n) is 6.12. The minimum atomic E-state index is -2.69. The second kappa shape index (κ2) is 9.55. The number of imidazole rings is 1. The first kappa shape index (κ1) is 25.7. The van der Waals surface area contributed by atoms with E-state index in [1.807, 2.05) is 24.5 Å². The molecule has 1 saturated heterocycles. The third-order valence-corrected chi connectivity index (χ3v) is 8.02. The minimum Gasteiger partial charge on any atom is -0.494 e. The van der Waals surface area contributed by atoms with Gasteiger partial charge in [0, 0.05) is 48.0 Å². The van der Waals surface area contributed by atoms with Gasteiger partial charge in [0.15, 0.2) is 17.2 Å². The molecule has 1 aliphatic heterocycles. The van der Waals surface area contributed by atoms with Crippen LogP contribution in [0.3, 0.4) is 0 Å². The number of hydrogen-bond donors (Lipinski definition) is 1. The van der Waals surface area contributed by atoms with Gasteiger partial charge in [0.05, 0.1) is 18.8 Å². The van der Waals surface area contributed by atoms with E-state index in [-0.39, 0.29) is 37.5 Å². The molecule has 2 fully saturated rings. The van der Waals surface area contributed by atoms with Crippen molar-refractivity contribution < 1.29 is 27.5 Å². The van der Waals surface area contributed by atoms with Crippen LogP contribution < -0.4 is 9.64 Å². The van der Waals surface area contributed by atoms with Crippen LogP contribution in [-0.2, 0) is 0 Å². The Balaban J connectivity index is 1.48. The van der Waals surface area contributed by atoms with Crippen molar-refractivity contribution in [3.8, 4) is 16.9 Å². The van der Waals surface area contributed by atoms with Crippen LogP contribution in [0, 0.1) is 19.7 Å². The van der Waals surface area contributed by atoms with Crippen LogP contribution in [0.1, 0.15) is 67.9 Å². The molecule has 1 aliphatic carbocycles. The molecule has 1 unspecified atom stereocenters. The summed E-state index contributed by atoms with van der Waals surface area (Å²) in [4.78, 5) is 11.5. The van der Waals surface area contributed by atoms with Crippen LogP contribution in [0.25, 0.3) is 22.3 Å². The molecule has 4 aromatic rings. The molecule has 0 radical (unpaired) electrons. The fourth-order valence-corrected chi connectivity index (χ4v) is 6.12. The predicted molar refractivity (Wildman–Crippen MR) is 138 cm³/mol. The largest absolute Gasteiger partial charge is 0.494 e. The number of methoxy groups -OCH3 is 1. The molecular weight excluding hydrogens is 511 g/mol. The SMILES string of the molecule is COc1ccc(N2C(O)CC[C@H]2c2nc3cc(-c4c(C)noc4C)cnc3n2C2CCC(F)(F)CC2)cc1F. The van der Waals surface area contributed by atoms with Gasteiger partial charge < -0.3 is 23.8 Å². The Morgan fingerprint density at radius 1 is 1.10 bits per heavy atom. The Bertz CT molecular complexity index is 1500. The summed E-state index contributed by atoms with van der Waals surface area (Å²) in [5.41, 5.74) is 4.06. The van der Waals surface area contributed by atoms with Crippen molar-refractivity contribution in [2.24, 2.45) is 0 Å².